The fourth-order valence-corrected chi connectivity index (χ4v) is 3.15. The van der Waals surface area contributed by atoms with Crippen molar-refractivity contribution in [2.75, 3.05) is 12.4 Å². The Morgan fingerprint density at radius 1 is 1.10 bits per heavy atom. The largest absolute Gasteiger partial charge is 0.497 e. The van der Waals surface area contributed by atoms with Gasteiger partial charge >= 0.3 is 0 Å². The fourth-order valence-electron chi connectivity index (χ4n) is 3.15. The van der Waals surface area contributed by atoms with Crippen LogP contribution in [0.1, 0.15) is 36.6 Å². The predicted molar refractivity (Wildman–Crippen MR) is 83.6 cm³/mol. The van der Waals surface area contributed by atoms with Gasteiger partial charge < -0.3 is 10.1 Å². The van der Waals surface area contributed by atoms with Crippen LogP contribution in [0.3, 0.4) is 0 Å². The third-order valence-electron chi connectivity index (χ3n) is 4.32. The topological polar surface area (TPSA) is 21.3 Å². The maximum absolute atomic E-state index is 5.37. The van der Waals surface area contributed by atoms with Crippen LogP contribution in [0, 0.1) is 6.92 Å². The summed E-state index contributed by atoms with van der Waals surface area (Å²) in [6.45, 7) is 6.72. The highest BCUT2D eigenvalue weighted by Gasteiger charge is 2.40. The maximum Gasteiger partial charge on any atom is 0.119 e. The first-order valence-corrected chi connectivity index (χ1v) is 7.04. The molecule has 1 heterocycles. The molecule has 2 aromatic carbocycles. The van der Waals surface area contributed by atoms with E-state index in [4.69, 9.17) is 4.74 Å². The van der Waals surface area contributed by atoms with E-state index >= 15 is 0 Å². The standard InChI is InChI=1S/C18H21NO/c1-12-6-5-7-13(10-12)17-18(2,3)15-11-14(20-4)8-9-16(15)19-17/h5-11,17,19H,1-4H3. The highest BCUT2D eigenvalue weighted by atomic mass is 16.5. The normalized spacial score (nSPS) is 19.3. The van der Waals surface area contributed by atoms with Gasteiger partial charge in [0.2, 0.25) is 0 Å². The molecule has 0 aromatic heterocycles. The van der Waals surface area contributed by atoms with Crippen LogP contribution < -0.4 is 10.1 Å². The summed E-state index contributed by atoms with van der Waals surface area (Å²) < 4.78 is 5.37. The predicted octanol–water partition coefficient (Wildman–Crippen LogP) is 4.45. The maximum atomic E-state index is 5.37. The van der Waals surface area contributed by atoms with Crippen molar-refractivity contribution in [1.29, 1.82) is 0 Å². The summed E-state index contributed by atoms with van der Waals surface area (Å²) in [6, 6.07) is 15.3. The van der Waals surface area contributed by atoms with E-state index in [1.807, 2.05) is 6.07 Å². The number of fused-ring (bicyclic) bond motifs is 1. The van der Waals surface area contributed by atoms with E-state index < -0.39 is 0 Å². The van der Waals surface area contributed by atoms with Crippen LogP contribution in [-0.4, -0.2) is 7.11 Å². The Morgan fingerprint density at radius 2 is 1.90 bits per heavy atom. The zero-order chi connectivity index (χ0) is 14.3. The molecule has 0 radical (unpaired) electrons. The number of rotatable bonds is 2. The lowest BCUT2D eigenvalue weighted by Gasteiger charge is -2.28. The molecule has 104 valence electrons. The Kier molecular flexibility index (Phi) is 2.97. The lowest BCUT2D eigenvalue weighted by Crippen LogP contribution is -2.25. The molecule has 0 amide bonds. The smallest absolute Gasteiger partial charge is 0.119 e. The summed E-state index contributed by atoms with van der Waals surface area (Å²) in [5, 5.41) is 3.66. The first kappa shape index (κ1) is 13.0. The molecule has 2 heteroatoms. The van der Waals surface area contributed by atoms with Crippen molar-refractivity contribution in [3.63, 3.8) is 0 Å². The van der Waals surface area contributed by atoms with Gasteiger partial charge in [0, 0.05) is 11.1 Å². The molecule has 20 heavy (non-hydrogen) atoms. The Bertz CT molecular complexity index is 646. The third kappa shape index (κ3) is 1.96. The highest BCUT2D eigenvalue weighted by Crippen LogP contribution is 2.49. The van der Waals surface area contributed by atoms with E-state index in [0.29, 0.717) is 6.04 Å². The van der Waals surface area contributed by atoms with Crippen molar-refractivity contribution in [1.82, 2.24) is 0 Å². The number of anilines is 1. The van der Waals surface area contributed by atoms with Crippen LogP contribution in [-0.2, 0) is 5.41 Å². The molecule has 0 bridgehead atoms. The van der Waals surface area contributed by atoms with E-state index in [0.717, 1.165) is 5.75 Å². The van der Waals surface area contributed by atoms with E-state index in [1.54, 1.807) is 7.11 Å². The zero-order valence-corrected chi connectivity index (χ0v) is 12.5. The molecule has 1 aliphatic heterocycles. The van der Waals surface area contributed by atoms with Crippen molar-refractivity contribution >= 4 is 5.69 Å². The number of hydrogen-bond donors (Lipinski definition) is 1. The first-order chi connectivity index (χ1) is 9.52. The summed E-state index contributed by atoms with van der Waals surface area (Å²) >= 11 is 0. The minimum absolute atomic E-state index is 0.0394. The summed E-state index contributed by atoms with van der Waals surface area (Å²) in [6.07, 6.45) is 0. The molecule has 0 spiro atoms. The van der Waals surface area contributed by atoms with Crippen LogP contribution in [0.5, 0.6) is 5.75 Å². The van der Waals surface area contributed by atoms with Gasteiger partial charge in [0.15, 0.2) is 0 Å². The van der Waals surface area contributed by atoms with Crippen molar-refractivity contribution < 1.29 is 4.74 Å². The second-order valence-electron chi connectivity index (χ2n) is 6.12. The zero-order valence-electron chi connectivity index (χ0n) is 12.5. The van der Waals surface area contributed by atoms with Crippen LogP contribution in [0.2, 0.25) is 0 Å². The van der Waals surface area contributed by atoms with Crippen molar-refractivity contribution in [2.24, 2.45) is 0 Å². The molecule has 2 aromatic rings. The van der Waals surface area contributed by atoms with Crippen LogP contribution >= 0.6 is 0 Å². The van der Waals surface area contributed by atoms with Crippen molar-refractivity contribution in [3.8, 4) is 5.75 Å². The average molecular weight is 267 g/mol. The van der Waals surface area contributed by atoms with E-state index in [1.165, 1.54) is 22.4 Å². The number of ether oxygens (including phenoxy) is 1. The van der Waals surface area contributed by atoms with Gasteiger partial charge in [0.25, 0.3) is 0 Å². The SMILES string of the molecule is COc1ccc2c(c1)C(C)(C)C(c1cccc(C)c1)N2. The summed E-state index contributed by atoms with van der Waals surface area (Å²) in [5.41, 5.74) is 5.21. The average Bonchev–Trinajstić information content (AvgIpc) is 2.70. The van der Waals surface area contributed by atoms with Crippen LogP contribution in [0.25, 0.3) is 0 Å². The van der Waals surface area contributed by atoms with Gasteiger partial charge in [0.05, 0.1) is 13.2 Å². The van der Waals surface area contributed by atoms with Gasteiger partial charge in [-0.25, -0.2) is 0 Å². The fraction of sp³-hybridized carbons (Fsp3) is 0.333. The molecule has 0 fully saturated rings. The van der Waals surface area contributed by atoms with Gasteiger partial charge in [-0.1, -0.05) is 43.7 Å². The minimum atomic E-state index is 0.0394. The number of hydrogen-bond acceptors (Lipinski definition) is 2. The summed E-state index contributed by atoms with van der Waals surface area (Å²) in [5.74, 6) is 0.920. The summed E-state index contributed by atoms with van der Waals surface area (Å²) in [7, 11) is 1.72. The van der Waals surface area contributed by atoms with Gasteiger partial charge in [-0.2, -0.15) is 0 Å². The molecule has 2 nitrogen and oxygen atoms in total. The van der Waals surface area contributed by atoms with Gasteiger partial charge in [-0.05, 0) is 36.2 Å². The molecular formula is C18H21NO. The molecule has 1 N–H and O–H groups in total. The monoisotopic (exact) mass is 267 g/mol. The molecule has 1 unspecified atom stereocenters. The van der Waals surface area contributed by atoms with Crippen molar-refractivity contribution in [2.45, 2.75) is 32.2 Å². The molecule has 3 rings (SSSR count). The summed E-state index contributed by atoms with van der Waals surface area (Å²) in [4.78, 5) is 0. The molecule has 0 aliphatic carbocycles. The van der Waals surface area contributed by atoms with E-state index in [2.05, 4.69) is 62.5 Å². The van der Waals surface area contributed by atoms with Crippen LogP contribution in [0.4, 0.5) is 5.69 Å². The molecule has 0 saturated heterocycles. The Morgan fingerprint density at radius 3 is 2.60 bits per heavy atom. The number of nitrogens with one attached hydrogen (secondary N) is 1. The number of benzene rings is 2. The molecular weight excluding hydrogens is 246 g/mol. The first-order valence-electron chi connectivity index (χ1n) is 7.04. The highest BCUT2D eigenvalue weighted by molar-refractivity contribution is 5.65. The van der Waals surface area contributed by atoms with E-state index in [9.17, 15) is 0 Å². The van der Waals surface area contributed by atoms with Gasteiger partial charge in [0.1, 0.15) is 5.75 Å². The minimum Gasteiger partial charge on any atom is -0.497 e. The lowest BCUT2D eigenvalue weighted by atomic mass is 9.77. The van der Waals surface area contributed by atoms with Gasteiger partial charge in [-0.15, -0.1) is 0 Å². The Hall–Kier alpha value is -1.96. The Balaban J connectivity index is 2.05. The second kappa shape index (κ2) is 4.55. The van der Waals surface area contributed by atoms with Crippen molar-refractivity contribution in [3.05, 3.63) is 59.2 Å². The lowest BCUT2D eigenvalue weighted by molar-refractivity contribution is 0.411. The van der Waals surface area contributed by atoms with Crippen LogP contribution in [0.15, 0.2) is 42.5 Å². The van der Waals surface area contributed by atoms with Gasteiger partial charge in [-0.3, -0.25) is 0 Å². The molecule has 1 aliphatic rings. The van der Waals surface area contributed by atoms with E-state index in [-0.39, 0.29) is 5.41 Å². The third-order valence-corrected chi connectivity index (χ3v) is 4.32. The number of aryl methyl sites for hydroxylation is 1. The number of methoxy groups -OCH3 is 1. The molecule has 1 atom stereocenters. The quantitative estimate of drug-likeness (QED) is 0.868. The Labute approximate surface area is 120 Å². The molecule has 0 saturated carbocycles. The second-order valence-corrected chi connectivity index (χ2v) is 6.12.